The van der Waals surface area contributed by atoms with Crippen molar-refractivity contribution >= 4 is 16.0 Å². The van der Waals surface area contributed by atoms with Gasteiger partial charge in [0, 0.05) is 13.0 Å². The Morgan fingerprint density at radius 3 is 2.54 bits per heavy atom. The van der Waals surface area contributed by atoms with E-state index in [9.17, 15) is 13.2 Å². The van der Waals surface area contributed by atoms with Crippen LogP contribution in [0.25, 0.3) is 0 Å². The molecule has 0 radical (unpaired) electrons. The minimum Gasteiger partial charge on any atom is -0.355 e. The van der Waals surface area contributed by atoms with Crippen molar-refractivity contribution < 1.29 is 17.8 Å². The monoisotopic (exact) mass is 210 g/mol. The molecule has 0 aromatic carbocycles. The molecule has 0 atom stereocenters. The van der Waals surface area contributed by atoms with E-state index >= 15 is 0 Å². The fraction of sp³-hybridized carbons (Fsp3) is 0.833. The number of rotatable bonds is 6. The third-order valence-electron chi connectivity index (χ3n) is 1.29. The van der Waals surface area contributed by atoms with Crippen molar-refractivity contribution in [2.75, 3.05) is 18.8 Å². The van der Waals surface area contributed by atoms with E-state index in [1.54, 1.807) is 0 Å². The first kappa shape index (κ1) is 12.3. The summed E-state index contributed by atoms with van der Waals surface area (Å²) in [6.45, 7) is 0.355. The summed E-state index contributed by atoms with van der Waals surface area (Å²) in [4.78, 5) is 10.8. The molecule has 0 rings (SSSR count). The van der Waals surface area contributed by atoms with Crippen molar-refractivity contribution in [3.8, 4) is 0 Å². The lowest BCUT2D eigenvalue weighted by Crippen LogP contribution is -2.29. The molecule has 0 aromatic heterocycles. The molecule has 1 amide bonds. The van der Waals surface area contributed by atoms with Crippen LogP contribution in [0.2, 0.25) is 0 Å². The van der Waals surface area contributed by atoms with Gasteiger partial charge in [0.05, 0.1) is 5.75 Å². The van der Waals surface area contributed by atoms with Gasteiger partial charge >= 0.3 is 0 Å². The summed E-state index contributed by atoms with van der Waals surface area (Å²) >= 11 is 0. The SMILES string of the molecule is NCCCC(=O)NCCS(=O)(=O)O. The number of nitrogens with one attached hydrogen (secondary N) is 1. The van der Waals surface area contributed by atoms with E-state index in [2.05, 4.69) is 5.32 Å². The number of hydrogen-bond donors (Lipinski definition) is 3. The zero-order valence-corrected chi connectivity index (χ0v) is 8.01. The van der Waals surface area contributed by atoms with E-state index in [-0.39, 0.29) is 18.9 Å². The number of carbonyl (C=O) groups excluding carboxylic acids is 1. The maximum Gasteiger partial charge on any atom is 0.266 e. The molecular formula is C6H14N2O4S. The molecule has 78 valence electrons. The molecule has 0 spiro atoms. The average molecular weight is 210 g/mol. The largest absolute Gasteiger partial charge is 0.355 e. The summed E-state index contributed by atoms with van der Waals surface area (Å²) in [7, 11) is -3.98. The first-order valence-electron chi connectivity index (χ1n) is 3.87. The standard InChI is InChI=1S/C6H14N2O4S/c7-3-1-2-6(9)8-4-5-13(10,11)12/h1-5,7H2,(H,8,9)(H,10,11,12). The molecule has 0 fully saturated rings. The number of hydrogen-bond acceptors (Lipinski definition) is 4. The summed E-state index contributed by atoms with van der Waals surface area (Å²) in [5, 5.41) is 2.34. The Labute approximate surface area is 77.2 Å². The number of carbonyl (C=O) groups is 1. The summed E-state index contributed by atoms with van der Waals surface area (Å²) in [5.41, 5.74) is 5.16. The predicted molar refractivity (Wildman–Crippen MR) is 47.7 cm³/mol. The Morgan fingerprint density at radius 1 is 1.46 bits per heavy atom. The van der Waals surface area contributed by atoms with Crippen LogP contribution >= 0.6 is 0 Å². The van der Waals surface area contributed by atoms with Gasteiger partial charge in [-0.1, -0.05) is 0 Å². The van der Waals surface area contributed by atoms with Crippen LogP contribution in [-0.4, -0.2) is 37.7 Å². The van der Waals surface area contributed by atoms with E-state index in [0.717, 1.165) is 0 Å². The maximum absolute atomic E-state index is 10.8. The molecule has 0 saturated heterocycles. The Balaban J connectivity index is 3.49. The lowest BCUT2D eigenvalue weighted by Gasteiger charge is -2.02. The molecule has 0 saturated carbocycles. The molecule has 0 unspecified atom stereocenters. The van der Waals surface area contributed by atoms with Crippen molar-refractivity contribution in [2.24, 2.45) is 5.73 Å². The van der Waals surface area contributed by atoms with E-state index in [1.807, 2.05) is 0 Å². The highest BCUT2D eigenvalue weighted by molar-refractivity contribution is 7.85. The lowest BCUT2D eigenvalue weighted by atomic mass is 10.3. The Kier molecular flexibility index (Phi) is 5.60. The van der Waals surface area contributed by atoms with Gasteiger partial charge in [0.2, 0.25) is 5.91 Å². The van der Waals surface area contributed by atoms with E-state index in [1.165, 1.54) is 0 Å². The molecule has 4 N–H and O–H groups in total. The van der Waals surface area contributed by atoms with Gasteiger partial charge in [-0.25, -0.2) is 0 Å². The van der Waals surface area contributed by atoms with Crippen LogP contribution in [0.5, 0.6) is 0 Å². The van der Waals surface area contributed by atoms with Crippen molar-refractivity contribution in [3.05, 3.63) is 0 Å². The molecule has 7 heteroatoms. The van der Waals surface area contributed by atoms with Crippen molar-refractivity contribution in [1.82, 2.24) is 5.32 Å². The van der Waals surface area contributed by atoms with Crippen LogP contribution in [0, 0.1) is 0 Å². The number of amides is 1. The Hall–Kier alpha value is -0.660. The van der Waals surface area contributed by atoms with E-state index in [0.29, 0.717) is 13.0 Å². The summed E-state index contributed by atoms with van der Waals surface area (Å²) in [5.74, 6) is -0.712. The van der Waals surface area contributed by atoms with E-state index < -0.39 is 15.9 Å². The second-order valence-electron chi connectivity index (χ2n) is 2.53. The van der Waals surface area contributed by atoms with Gasteiger partial charge in [-0.15, -0.1) is 0 Å². The molecule has 0 bridgehead atoms. The first-order chi connectivity index (χ1) is 5.95. The first-order valence-corrected chi connectivity index (χ1v) is 5.48. The minimum atomic E-state index is -3.98. The highest BCUT2D eigenvalue weighted by Crippen LogP contribution is 1.85. The van der Waals surface area contributed by atoms with Gasteiger partial charge in [-0.3, -0.25) is 9.35 Å². The third kappa shape index (κ3) is 9.25. The topological polar surface area (TPSA) is 109 Å². The Morgan fingerprint density at radius 2 is 2.08 bits per heavy atom. The highest BCUT2D eigenvalue weighted by atomic mass is 32.2. The zero-order valence-electron chi connectivity index (χ0n) is 7.19. The van der Waals surface area contributed by atoms with Crippen LogP contribution in [-0.2, 0) is 14.9 Å². The lowest BCUT2D eigenvalue weighted by molar-refractivity contribution is -0.121. The van der Waals surface area contributed by atoms with E-state index in [4.69, 9.17) is 10.3 Å². The molecule has 6 nitrogen and oxygen atoms in total. The van der Waals surface area contributed by atoms with Gasteiger partial charge in [0.15, 0.2) is 0 Å². The summed E-state index contributed by atoms with van der Waals surface area (Å²) in [6.07, 6.45) is 0.847. The molecular weight excluding hydrogens is 196 g/mol. The van der Waals surface area contributed by atoms with Gasteiger partial charge in [-0.05, 0) is 13.0 Å². The van der Waals surface area contributed by atoms with Gasteiger partial charge < -0.3 is 11.1 Å². The van der Waals surface area contributed by atoms with Crippen molar-refractivity contribution in [3.63, 3.8) is 0 Å². The third-order valence-corrected chi connectivity index (χ3v) is 2.01. The molecule has 0 aliphatic carbocycles. The van der Waals surface area contributed by atoms with Crippen LogP contribution < -0.4 is 11.1 Å². The normalized spacial score (nSPS) is 11.2. The van der Waals surface area contributed by atoms with Crippen LogP contribution in [0.3, 0.4) is 0 Å². The molecule has 0 aliphatic rings. The predicted octanol–water partition coefficient (Wildman–Crippen LogP) is -1.27. The maximum atomic E-state index is 10.8. The second-order valence-corrected chi connectivity index (χ2v) is 4.10. The van der Waals surface area contributed by atoms with Crippen molar-refractivity contribution in [1.29, 1.82) is 0 Å². The molecule has 13 heavy (non-hydrogen) atoms. The zero-order chi connectivity index (χ0) is 10.3. The van der Waals surface area contributed by atoms with Gasteiger partial charge in [-0.2, -0.15) is 8.42 Å². The molecule has 0 aliphatic heterocycles. The van der Waals surface area contributed by atoms with Crippen molar-refractivity contribution in [2.45, 2.75) is 12.8 Å². The average Bonchev–Trinajstić information content (AvgIpc) is 1.98. The molecule has 0 heterocycles. The smallest absolute Gasteiger partial charge is 0.266 e. The van der Waals surface area contributed by atoms with Crippen LogP contribution in [0.15, 0.2) is 0 Å². The minimum absolute atomic E-state index is 0.0672. The fourth-order valence-electron chi connectivity index (χ4n) is 0.670. The Bertz CT molecular complexity index is 249. The number of nitrogens with two attached hydrogens (primary N) is 1. The summed E-state index contributed by atoms with van der Waals surface area (Å²) in [6, 6.07) is 0. The fourth-order valence-corrected chi connectivity index (χ4v) is 1.03. The quantitative estimate of drug-likeness (QED) is 0.473. The van der Waals surface area contributed by atoms with Gasteiger partial charge in [0.25, 0.3) is 10.1 Å². The highest BCUT2D eigenvalue weighted by Gasteiger charge is 2.05. The second kappa shape index (κ2) is 5.90. The molecule has 0 aromatic rings. The van der Waals surface area contributed by atoms with Crippen LogP contribution in [0.4, 0.5) is 0 Å². The summed E-state index contributed by atoms with van der Waals surface area (Å²) < 4.78 is 28.7. The van der Waals surface area contributed by atoms with Crippen LogP contribution in [0.1, 0.15) is 12.8 Å². The van der Waals surface area contributed by atoms with Gasteiger partial charge in [0.1, 0.15) is 0 Å².